The molecule has 0 saturated carbocycles. The van der Waals surface area contributed by atoms with Crippen LogP contribution in [0.25, 0.3) is 0 Å². The zero-order chi connectivity index (χ0) is 17.2. The van der Waals surface area contributed by atoms with Crippen LogP contribution in [0.4, 0.5) is 4.79 Å². The zero-order valence-corrected chi connectivity index (χ0v) is 14.2. The highest BCUT2D eigenvalue weighted by molar-refractivity contribution is 5.74. The van der Waals surface area contributed by atoms with Gasteiger partial charge in [0.15, 0.2) is 0 Å². The molecule has 2 amide bonds. The van der Waals surface area contributed by atoms with Gasteiger partial charge in [-0.3, -0.25) is 0 Å². The number of aliphatic hydroxyl groups is 1. The molecule has 2 rings (SSSR count). The van der Waals surface area contributed by atoms with Crippen LogP contribution in [0, 0.1) is 0 Å². The number of amides is 2. The number of urea groups is 1. The van der Waals surface area contributed by atoms with Crippen molar-refractivity contribution >= 4 is 6.03 Å². The third-order valence-electron chi connectivity index (χ3n) is 3.99. The number of rotatable bonds is 8. The summed E-state index contributed by atoms with van der Waals surface area (Å²) >= 11 is 0. The van der Waals surface area contributed by atoms with Crippen molar-refractivity contribution in [3.63, 3.8) is 0 Å². The van der Waals surface area contributed by atoms with Gasteiger partial charge in [0.25, 0.3) is 0 Å². The summed E-state index contributed by atoms with van der Waals surface area (Å²) in [6, 6.07) is 18.1. The second-order valence-corrected chi connectivity index (χ2v) is 6.05. The smallest absolute Gasteiger partial charge is 0.315 e. The number of aryl methyl sites for hydroxylation is 1. The van der Waals surface area contributed by atoms with Crippen molar-refractivity contribution in [3.8, 4) is 0 Å². The third kappa shape index (κ3) is 6.42. The van der Waals surface area contributed by atoms with Crippen LogP contribution in [0.5, 0.6) is 0 Å². The summed E-state index contributed by atoms with van der Waals surface area (Å²) in [5, 5.41) is 14.9. The van der Waals surface area contributed by atoms with Gasteiger partial charge >= 0.3 is 6.03 Å². The molecule has 4 nitrogen and oxygen atoms in total. The Kier molecular flexibility index (Phi) is 7.30. The minimum Gasteiger partial charge on any atom is -0.392 e. The van der Waals surface area contributed by atoms with Gasteiger partial charge in [0.1, 0.15) is 0 Å². The van der Waals surface area contributed by atoms with Crippen LogP contribution in [0.2, 0.25) is 0 Å². The number of hydrogen-bond acceptors (Lipinski definition) is 2. The molecule has 2 aromatic carbocycles. The maximum atomic E-state index is 11.9. The summed E-state index contributed by atoms with van der Waals surface area (Å²) in [6.07, 6.45) is 2.65. The number of carbonyl (C=O) groups excluding carboxylic acids is 1. The SMILES string of the molecule is CC(CCc1ccccc1)NC(=O)NCCc1ccc(CO)cc1. The van der Waals surface area contributed by atoms with Crippen LogP contribution in [0.3, 0.4) is 0 Å². The minimum absolute atomic E-state index is 0.0573. The maximum Gasteiger partial charge on any atom is 0.315 e. The normalized spacial score (nSPS) is 11.8. The van der Waals surface area contributed by atoms with Crippen molar-refractivity contribution < 1.29 is 9.90 Å². The minimum atomic E-state index is -0.123. The van der Waals surface area contributed by atoms with Crippen LogP contribution in [0.15, 0.2) is 54.6 Å². The number of carbonyl (C=O) groups is 1. The molecule has 1 atom stereocenters. The van der Waals surface area contributed by atoms with Crippen molar-refractivity contribution in [1.29, 1.82) is 0 Å². The van der Waals surface area contributed by atoms with Gasteiger partial charge in [0.2, 0.25) is 0 Å². The van der Waals surface area contributed by atoms with E-state index >= 15 is 0 Å². The van der Waals surface area contributed by atoms with Crippen molar-refractivity contribution in [2.45, 2.75) is 38.8 Å². The van der Waals surface area contributed by atoms with Crippen LogP contribution >= 0.6 is 0 Å². The Labute approximate surface area is 143 Å². The van der Waals surface area contributed by atoms with Gasteiger partial charge in [-0.05, 0) is 42.9 Å². The number of nitrogens with one attached hydrogen (secondary N) is 2. The fraction of sp³-hybridized carbons (Fsp3) is 0.350. The molecule has 128 valence electrons. The van der Waals surface area contributed by atoms with Crippen molar-refractivity contribution in [2.24, 2.45) is 0 Å². The molecule has 0 spiro atoms. The first-order valence-corrected chi connectivity index (χ1v) is 8.44. The van der Waals surface area contributed by atoms with E-state index < -0.39 is 0 Å². The summed E-state index contributed by atoms with van der Waals surface area (Å²) in [5.41, 5.74) is 3.33. The Hall–Kier alpha value is -2.33. The lowest BCUT2D eigenvalue weighted by molar-refractivity contribution is 0.237. The van der Waals surface area contributed by atoms with Gasteiger partial charge < -0.3 is 15.7 Å². The van der Waals surface area contributed by atoms with Crippen LogP contribution < -0.4 is 10.6 Å². The molecule has 0 radical (unpaired) electrons. The molecule has 0 heterocycles. The first kappa shape index (κ1) is 18.0. The van der Waals surface area contributed by atoms with Gasteiger partial charge in [-0.1, -0.05) is 54.6 Å². The summed E-state index contributed by atoms with van der Waals surface area (Å²) in [4.78, 5) is 11.9. The topological polar surface area (TPSA) is 61.4 Å². The Morgan fingerprint density at radius 3 is 2.25 bits per heavy atom. The second-order valence-electron chi connectivity index (χ2n) is 6.05. The average Bonchev–Trinajstić information content (AvgIpc) is 2.61. The predicted octanol–water partition coefficient (Wildman–Crippen LogP) is 3.04. The van der Waals surface area contributed by atoms with Crippen molar-refractivity contribution in [1.82, 2.24) is 10.6 Å². The molecular weight excluding hydrogens is 300 g/mol. The molecular formula is C20H26N2O2. The van der Waals surface area contributed by atoms with Gasteiger partial charge in [-0.25, -0.2) is 4.79 Å². The number of aliphatic hydroxyl groups excluding tert-OH is 1. The Morgan fingerprint density at radius 1 is 0.958 bits per heavy atom. The van der Waals surface area contributed by atoms with E-state index in [0.29, 0.717) is 6.54 Å². The first-order chi connectivity index (χ1) is 11.7. The standard InChI is InChI=1S/C20H26N2O2/c1-16(7-8-17-5-3-2-4-6-17)22-20(24)21-14-13-18-9-11-19(15-23)12-10-18/h2-6,9-12,16,23H,7-8,13-15H2,1H3,(H2,21,22,24). The van der Waals surface area contributed by atoms with Gasteiger partial charge in [-0.2, -0.15) is 0 Å². The molecule has 2 aromatic rings. The van der Waals surface area contributed by atoms with E-state index in [0.717, 1.165) is 30.4 Å². The highest BCUT2D eigenvalue weighted by Crippen LogP contribution is 2.05. The quantitative estimate of drug-likeness (QED) is 0.698. The largest absolute Gasteiger partial charge is 0.392 e. The Morgan fingerprint density at radius 2 is 1.58 bits per heavy atom. The van der Waals surface area contributed by atoms with E-state index in [1.54, 1.807) is 0 Å². The molecule has 0 aliphatic heterocycles. The summed E-state index contributed by atoms with van der Waals surface area (Å²) in [7, 11) is 0. The lowest BCUT2D eigenvalue weighted by Gasteiger charge is -2.14. The van der Waals surface area contributed by atoms with E-state index in [-0.39, 0.29) is 18.7 Å². The van der Waals surface area contributed by atoms with Crippen molar-refractivity contribution in [3.05, 3.63) is 71.3 Å². The molecule has 0 bridgehead atoms. The second kappa shape index (κ2) is 9.73. The highest BCUT2D eigenvalue weighted by Gasteiger charge is 2.07. The van der Waals surface area contributed by atoms with Crippen LogP contribution in [-0.4, -0.2) is 23.7 Å². The fourth-order valence-corrected chi connectivity index (χ4v) is 2.51. The average molecular weight is 326 g/mol. The first-order valence-electron chi connectivity index (χ1n) is 8.44. The summed E-state index contributed by atoms with van der Waals surface area (Å²) in [6.45, 7) is 2.67. The van der Waals surface area contributed by atoms with E-state index in [1.165, 1.54) is 5.56 Å². The summed E-state index contributed by atoms with van der Waals surface area (Å²) in [5.74, 6) is 0. The number of hydrogen-bond donors (Lipinski definition) is 3. The lowest BCUT2D eigenvalue weighted by Crippen LogP contribution is -2.41. The van der Waals surface area contributed by atoms with Gasteiger partial charge in [0, 0.05) is 12.6 Å². The Bertz CT molecular complexity index is 611. The monoisotopic (exact) mass is 326 g/mol. The zero-order valence-electron chi connectivity index (χ0n) is 14.2. The van der Waals surface area contributed by atoms with Crippen molar-refractivity contribution in [2.75, 3.05) is 6.54 Å². The molecule has 0 saturated heterocycles. The molecule has 1 unspecified atom stereocenters. The van der Waals surface area contributed by atoms with E-state index in [4.69, 9.17) is 5.11 Å². The molecule has 24 heavy (non-hydrogen) atoms. The van der Waals surface area contributed by atoms with Gasteiger partial charge in [-0.15, -0.1) is 0 Å². The molecule has 3 N–H and O–H groups in total. The fourth-order valence-electron chi connectivity index (χ4n) is 2.51. The molecule has 0 aromatic heterocycles. The van der Waals surface area contributed by atoms with Crippen LogP contribution in [-0.2, 0) is 19.4 Å². The lowest BCUT2D eigenvalue weighted by atomic mass is 10.1. The molecule has 0 aliphatic carbocycles. The number of benzene rings is 2. The van der Waals surface area contributed by atoms with Crippen LogP contribution in [0.1, 0.15) is 30.0 Å². The summed E-state index contributed by atoms with van der Waals surface area (Å²) < 4.78 is 0. The molecule has 4 heteroatoms. The highest BCUT2D eigenvalue weighted by atomic mass is 16.3. The maximum absolute atomic E-state index is 11.9. The molecule has 0 aliphatic rings. The molecule has 0 fully saturated rings. The van der Waals surface area contributed by atoms with E-state index in [9.17, 15) is 4.79 Å². The third-order valence-corrected chi connectivity index (χ3v) is 3.99. The van der Waals surface area contributed by atoms with Gasteiger partial charge in [0.05, 0.1) is 6.61 Å². The van der Waals surface area contributed by atoms with E-state index in [2.05, 4.69) is 22.8 Å². The predicted molar refractivity (Wildman–Crippen MR) is 96.8 cm³/mol. The Balaban J connectivity index is 1.63. The van der Waals surface area contributed by atoms with E-state index in [1.807, 2.05) is 49.4 Å².